The van der Waals surface area contributed by atoms with Crippen molar-refractivity contribution in [2.24, 2.45) is 22.9 Å². The van der Waals surface area contributed by atoms with Gasteiger partial charge < -0.3 is 80.8 Å². The minimum absolute atomic E-state index is 0.0359. The lowest BCUT2D eigenvalue weighted by molar-refractivity contribution is -0.136. The van der Waals surface area contributed by atoms with E-state index in [1.54, 1.807) is 24.3 Å². The summed E-state index contributed by atoms with van der Waals surface area (Å²) in [5.41, 5.74) is 25.2. The number of halogens is 1. The number of unbranched alkanes of at least 4 members (excludes halogenated alkanes) is 1. The van der Waals surface area contributed by atoms with Gasteiger partial charge in [-0.3, -0.25) is 47.9 Å². The van der Waals surface area contributed by atoms with Crippen LogP contribution in [-0.2, 0) is 64.0 Å². The van der Waals surface area contributed by atoms with Crippen LogP contribution in [0.15, 0.2) is 97.1 Å². The average molecular weight is 1160 g/mol. The summed E-state index contributed by atoms with van der Waals surface area (Å²) in [4.78, 5) is 139. The summed E-state index contributed by atoms with van der Waals surface area (Å²) >= 11 is 6.45. The number of benzene rings is 4. The zero-order valence-corrected chi connectivity index (χ0v) is 45.6. The van der Waals surface area contributed by atoms with E-state index in [1.807, 2.05) is 0 Å². The number of aromatic hydroxyl groups is 2. The van der Waals surface area contributed by atoms with Crippen LogP contribution < -0.4 is 65.5 Å². The lowest BCUT2D eigenvalue weighted by Gasteiger charge is -2.28. The second-order valence-corrected chi connectivity index (χ2v) is 20.6. The van der Waals surface area contributed by atoms with Crippen LogP contribution in [0.5, 0.6) is 11.5 Å². The van der Waals surface area contributed by atoms with Crippen LogP contribution in [0.25, 0.3) is 0 Å². The number of aliphatic hydroxyl groups is 1. The molecule has 25 nitrogen and oxygen atoms in total. The summed E-state index contributed by atoms with van der Waals surface area (Å²) in [5.74, 6) is -9.63. The van der Waals surface area contributed by atoms with Crippen molar-refractivity contribution in [3.8, 4) is 11.5 Å². The summed E-state index contributed by atoms with van der Waals surface area (Å²) in [6.07, 6.45) is -1.98. The Labute approximate surface area is 475 Å². The van der Waals surface area contributed by atoms with Gasteiger partial charge in [-0.05, 0) is 110 Å². The normalized spacial score (nSPS) is 20.9. The Morgan fingerprint density at radius 1 is 0.667 bits per heavy atom. The van der Waals surface area contributed by atoms with Gasteiger partial charge in [0.1, 0.15) is 53.8 Å². The highest BCUT2D eigenvalue weighted by molar-refractivity contribution is 8.13. The molecule has 0 bridgehead atoms. The molecule has 0 saturated carbocycles. The maximum atomic E-state index is 14.7. The number of nitrogens with two attached hydrogens (primary N) is 4. The number of hydrogen-bond donors (Lipinski definition) is 15. The fourth-order valence-electron chi connectivity index (χ4n) is 8.22. The Morgan fingerprint density at radius 2 is 1.17 bits per heavy atom. The second kappa shape index (κ2) is 30.9. The van der Waals surface area contributed by atoms with Gasteiger partial charge in [-0.2, -0.15) is 0 Å². The van der Waals surface area contributed by atoms with E-state index in [2.05, 4.69) is 42.5 Å². The Bertz CT molecular complexity index is 2870. The van der Waals surface area contributed by atoms with Gasteiger partial charge in [-0.15, -0.1) is 0 Å². The van der Waals surface area contributed by atoms with Crippen molar-refractivity contribution in [1.82, 2.24) is 42.5 Å². The summed E-state index contributed by atoms with van der Waals surface area (Å²) < 4.78 is 0. The summed E-state index contributed by atoms with van der Waals surface area (Å²) in [7, 11) is 0. The smallest absolute Gasteiger partial charge is 0.279 e. The molecule has 1 fully saturated rings. The standard InChI is InChI=1S/C54H67ClN12O13S/c1-28(68)44-53(79)66-43(52(78)62-39(46(59)72)23-31-9-17-35(69)18-10-31)27-81-54(80)60-26-42(65-47(73)37(57)22-29-7-15-34(55)16-8-29)51(77)64-41(25-32-11-19-36(70)20-12-32)50(76)63-40(24-30-5-13-33(14-6-30)45(58)71)49(75)61-38(48(74)67-44)4-2-3-21-56/h5-20,28,37-44,68-70H,2-4,21-27,56-57H2,1H3,(H2,58,71)(H2,59,72)(H,60,80)(H,61,75)(H,62,78)(H,63,76)(H,64,77)(H,65,73)(H,66,79)(H,67,74)/t28?,37-,38-,39+,40+,41-,42+,43-,44?/m0/s1. The molecular formula is C54H67ClN12O13S. The van der Waals surface area contributed by atoms with Crippen molar-refractivity contribution in [3.05, 3.63) is 130 Å². The molecule has 1 aliphatic heterocycles. The highest BCUT2D eigenvalue weighted by Crippen LogP contribution is 2.17. The fraction of sp³-hybridized carbons (Fsp3) is 0.370. The molecule has 0 aromatic heterocycles. The summed E-state index contributed by atoms with van der Waals surface area (Å²) in [5, 5.41) is 50.6. The lowest BCUT2D eigenvalue weighted by atomic mass is 10.00. The van der Waals surface area contributed by atoms with Crippen molar-refractivity contribution in [3.63, 3.8) is 0 Å². The van der Waals surface area contributed by atoms with Gasteiger partial charge in [0.2, 0.25) is 53.2 Å². The second-order valence-electron chi connectivity index (χ2n) is 19.2. The lowest BCUT2D eigenvalue weighted by Crippen LogP contribution is -2.62. The number of phenolic OH excluding ortho intramolecular Hbond substituents is 2. The van der Waals surface area contributed by atoms with Crippen LogP contribution in [-0.4, -0.2) is 147 Å². The molecule has 0 radical (unpaired) electrons. The van der Waals surface area contributed by atoms with Crippen LogP contribution in [0, 0.1) is 0 Å². The number of thioether (sulfide) groups is 1. The number of nitrogens with one attached hydrogen (secondary N) is 8. The molecule has 81 heavy (non-hydrogen) atoms. The van der Waals surface area contributed by atoms with Crippen molar-refractivity contribution >= 4 is 81.8 Å². The predicted octanol–water partition coefficient (Wildman–Crippen LogP) is -1.71. The molecule has 1 saturated heterocycles. The van der Waals surface area contributed by atoms with Gasteiger partial charge in [0.15, 0.2) is 0 Å². The summed E-state index contributed by atoms with van der Waals surface area (Å²) in [6, 6.07) is 10.8. The first-order valence-corrected chi connectivity index (χ1v) is 27.0. The van der Waals surface area contributed by atoms with E-state index in [-0.39, 0.29) is 62.1 Å². The topological polar surface area (TPSA) is 432 Å². The molecule has 1 aliphatic rings. The number of hydrogen-bond acceptors (Lipinski definition) is 16. The molecule has 9 atom stereocenters. The molecule has 434 valence electrons. The third kappa shape index (κ3) is 20.4. The third-order valence-electron chi connectivity index (χ3n) is 12.8. The molecular weight excluding hydrogens is 1090 g/mol. The average Bonchev–Trinajstić information content (AvgIpc) is 3.44. The first-order chi connectivity index (χ1) is 38.5. The molecule has 4 aromatic carbocycles. The Balaban J connectivity index is 1.58. The van der Waals surface area contributed by atoms with Crippen molar-refractivity contribution in [2.45, 2.75) is 106 Å². The highest BCUT2D eigenvalue weighted by Gasteiger charge is 2.37. The van der Waals surface area contributed by atoms with Gasteiger partial charge >= 0.3 is 0 Å². The molecule has 0 spiro atoms. The number of carbonyl (C=O) groups excluding carboxylic acids is 10. The van der Waals surface area contributed by atoms with E-state index in [9.17, 15) is 63.3 Å². The predicted molar refractivity (Wildman–Crippen MR) is 299 cm³/mol. The summed E-state index contributed by atoms with van der Waals surface area (Å²) in [6.45, 7) is 0.657. The van der Waals surface area contributed by atoms with Gasteiger partial charge in [-0.25, -0.2) is 0 Å². The fourth-order valence-corrected chi connectivity index (χ4v) is 9.09. The van der Waals surface area contributed by atoms with Crippen molar-refractivity contribution in [2.75, 3.05) is 18.8 Å². The van der Waals surface area contributed by atoms with E-state index in [0.29, 0.717) is 45.5 Å². The van der Waals surface area contributed by atoms with Crippen LogP contribution in [0.2, 0.25) is 5.02 Å². The van der Waals surface area contributed by atoms with Crippen molar-refractivity contribution < 1.29 is 63.3 Å². The maximum absolute atomic E-state index is 14.7. The highest BCUT2D eigenvalue weighted by atomic mass is 35.5. The zero-order valence-electron chi connectivity index (χ0n) is 44.0. The number of aliphatic hydroxyl groups excluding tert-OH is 1. The van der Waals surface area contributed by atoms with Crippen LogP contribution in [0.1, 0.15) is 58.8 Å². The Kier molecular flexibility index (Phi) is 24.2. The van der Waals surface area contributed by atoms with Gasteiger partial charge in [0, 0.05) is 42.1 Å². The SMILES string of the molecule is CC(O)C1NC(=O)[C@H](CCCCN)NC(=O)[C@@H](Cc2ccc(C(N)=O)cc2)NC(=O)[C@H](Cc2ccc(O)cc2)NC(=O)[C@H](NC(=O)[C@@H](N)Cc2ccc(Cl)cc2)CNC(=O)SC[C@@H](C(=O)N[C@H](Cc2ccc(O)cc2)C(N)=O)NC1=O. The molecule has 5 rings (SSSR count). The van der Waals surface area contributed by atoms with Crippen molar-refractivity contribution in [1.29, 1.82) is 0 Å². The van der Waals surface area contributed by atoms with Gasteiger partial charge in [0.05, 0.1) is 12.1 Å². The zero-order chi connectivity index (χ0) is 59.3. The molecule has 10 amide bonds. The number of carbonyl (C=O) groups is 10. The number of phenols is 2. The number of amides is 10. The first kappa shape index (κ1) is 63.5. The largest absolute Gasteiger partial charge is 0.508 e. The molecule has 19 N–H and O–H groups in total. The first-order valence-electron chi connectivity index (χ1n) is 25.6. The van der Waals surface area contributed by atoms with Gasteiger partial charge in [-0.1, -0.05) is 71.9 Å². The molecule has 2 unspecified atom stereocenters. The van der Waals surface area contributed by atoms with E-state index >= 15 is 0 Å². The number of rotatable bonds is 19. The van der Waals surface area contributed by atoms with Crippen LogP contribution in [0.4, 0.5) is 4.79 Å². The minimum Gasteiger partial charge on any atom is -0.508 e. The minimum atomic E-state index is -1.84. The Hall–Kier alpha value is -8.30. The maximum Gasteiger partial charge on any atom is 0.279 e. The van der Waals surface area contributed by atoms with Crippen LogP contribution in [0.3, 0.4) is 0 Å². The van der Waals surface area contributed by atoms with Gasteiger partial charge in [0.25, 0.3) is 5.24 Å². The molecule has 0 aliphatic carbocycles. The molecule has 1 heterocycles. The van der Waals surface area contributed by atoms with E-state index in [0.717, 1.165) is 6.92 Å². The van der Waals surface area contributed by atoms with E-state index in [1.165, 1.54) is 72.8 Å². The molecule has 4 aromatic rings. The Morgan fingerprint density at radius 3 is 1.72 bits per heavy atom. The number of primary amides is 2. The molecule has 27 heteroatoms. The third-order valence-corrected chi connectivity index (χ3v) is 14.0. The monoisotopic (exact) mass is 1160 g/mol. The quantitative estimate of drug-likeness (QED) is 0.0465. The van der Waals surface area contributed by atoms with E-state index < -0.39 is 125 Å². The van der Waals surface area contributed by atoms with Crippen LogP contribution >= 0.6 is 23.4 Å². The van der Waals surface area contributed by atoms with E-state index in [4.69, 9.17) is 34.5 Å².